The van der Waals surface area contributed by atoms with E-state index in [2.05, 4.69) is 33.2 Å². The standard InChI is InChI=1S/C36H60N8O8/c1-5-10-26(41-34(49)28(12-7-9-20-38)42-33(48)27(11-6-8-19-37)40-31(46)23(4)39)32(47)43-29(18-15-24-13-16-25(45)17-14-24)35(50)44-30(36(51)52)21-22(2)3/h5,13-14,16-17,22-23,26-30,45H,1,6-12,15,18-21,37-39H2,2-4H3,(H,40,46)(H,41,49)(H,42,48)(H,43,47)(H,44,50)(H,51,52)/t23-,26-,27-,28-,29-,30-/m0/s1. The molecule has 0 aliphatic carbocycles. The lowest BCUT2D eigenvalue weighted by Gasteiger charge is -2.27. The molecule has 0 saturated heterocycles. The van der Waals surface area contributed by atoms with Crippen molar-refractivity contribution in [1.29, 1.82) is 0 Å². The number of rotatable bonds is 26. The van der Waals surface area contributed by atoms with Crippen LogP contribution in [0.15, 0.2) is 36.9 Å². The van der Waals surface area contributed by atoms with Gasteiger partial charge in [0.1, 0.15) is 36.0 Å². The Hall–Kier alpha value is -4.54. The van der Waals surface area contributed by atoms with Gasteiger partial charge in [0.15, 0.2) is 0 Å². The number of aliphatic carboxylic acids is 1. The van der Waals surface area contributed by atoms with Crippen LogP contribution in [0.1, 0.15) is 84.1 Å². The summed E-state index contributed by atoms with van der Waals surface area (Å²) in [6.07, 6.45) is 4.51. The third-order valence-electron chi connectivity index (χ3n) is 8.22. The van der Waals surface area contributed by atoms with Crippen LogP contribution < -0.4 is 43.8 Å². The van der Waals surface area contributed by atoms with Crippen molar-refractivity contribution in [2.24, 2.45) is 23.1 Å². The first-order valence-corrected chi connectivity index (χ1v) is 17.9. The molecule has 6 atom stereocenters. The van der Waals surface area contributed by atoms with E-state index in [-0.39, 0.29) is 43.8 Å². The van der Waals surface area contributed by atoms with Crippen LogP contribution in [0.2, 0.25) is 0 Å². The van der Waals surface area contributed by atoms with Crippen molar-refractivity contribution in [1.82, 2.24) is 26.6 Å². The summed E-state index contributed by atoms with van der Waals surface area (Å²) in [5, 5.41) is 32.6. The summed E-state index contributed by atoms with van der Waals surface area (Å²) < 4.78 is 0. The summed E-state index contributed by atoms with van der Waals surface area (Å²) in [6, 6.07) is -0.272. The number of hydrogen-bond acceptors (Lipinski definition) is 10. The van der Waals surface area contributed by atoms with Gasteiger partial charge < -0.3 is 54.0 Å². The number of carbonyl (C=O) groups is 6. The number of amides is 5. The molecule has 0 fully saturated rings. The van der Waals surface area contributed by atoms with Gasteiger partial charge in [-0.3, -0.25) is 24.0 Å². The fraction of sp³-hybridized carbons (Fsp3) is 0.611. The highest BCUT2D eigenvalue weighted by atomic mass is 16.4. The molecule has 0 aliphatic heterocycles. The first-order valence-electron chi connectivity index (χ1n) is 17.9. The van der Waals surface area contributed by atoms with Gasteiger partial charge in [0.25, 0.3) is 0 Å². The fourth-order valence-corrected chi connectivity index (χ4v) is 5.25. The molecule has 13 N–H and O–H groups in total. The molecule has 0 heterocycles. The molecule has 16 nitrogen and oxygen atoms in total. The lowest BCUT2D eigenvalue weighted by molar-refractivity contribution is -0.142. The summed E-state index contributed by atoms with van der Waals surface area (Å²) in [6.45, 7) is 9.55. The molecule has 1 aromatic rings. The summed E-state index contributed by atoms with van der Waals surface area (Å²) in [4.78, 5) is 78.6. The third-order valence-corrected chi connectivity index (χ3v) is 8.22. The van der Waals surface area contributed by atoms with E-state index in [9.17, 15) is 39.0 Å². The minimum atomic E-state index is -1.22. The van der Waals surface area contributed by atoms with Gasteiger partial charge in [-0.05, 0) is 108 Å². The zero-order valence-corrected chi connectivity index (χ0v) is 30.7. The van der Waals surface area contributed by atoms with Crippen molar-refractivity contribution < 1.29 is 39.0 Å². The highest BCUT2D eigenvalue weighted by molar-refractivity contribution is 5.96. The molecule has 1 aromatic carbocycles. The molecule has 0 bridgehead atoms. The van der Waals surface area contributed by atoms with Gasteiger partial charge in [0.05, 0.1) is 6.04 Å². The van der Waals surface area contributed by atoms with E-state index in [1.54, 1.807) is 12.1 Å². The zero-order chi connectivity index (χ0) is 39.2. The molecule has 1 rings (SSSR count). The Bertz CT molecular complexity index is 1310. The van der Waals surface area contributed by atoms with Crippen LogP contribution in [0.3, 0.4) is 0 Å². The van der Waals surface area contributed by atoms with Crippen molar-refractivity contribution in [3.63, 3.8) is 0 Å². The van der Waals surface area contributed by atoms with E-state index >= 15 is 0 Å². The molecule has 0 radical (unpaired) electrons. The monoisotopic (exact) mass is 732 g/mol. The summed E-state index contributed by atoms with van der Waals surface area (Å²) in [5.41, 5.74) is 17.7. The number of benzene rings is 1. The van der Waals surface area contributed by atoms with E-state index in [1.807, 2.05) is 13.8 Å². The van der Waals surface area contributed by atoms with Gasteiger partial charge in [-0.1, -0.05) is 32.1 Å². The predicted octanol–water partition coefficient (Wildman–Crippen LogP) is 0.0608. The van der Waals surface area contributed by atoms with E-state index < -0.39 is 71.8 Å². The number of unbranched alkanes of at least 4 members (excludes halogenated alkanes) is 2. The maximum atomic E-state index is 13.7. The number of nitrogens with one attached hydrogen (secondary N) is 5. The van der Waals surface area contributed by atoms with E-state index in [1.165, 1.54) is 25.1 Å². The highest BCUT2D eigenvalue weighted by Crippen LogP contribution is 2.14. The van der Waals surface area contributed by atoms with Crippen LogP contribution in [-0.2, 0) is 35.2 Å². The summed E-state index contributed by atoms with van der Waals surface area (Å²) in [5.74, 6) is -4.48. The average molecular weight is 733 g/mol. The molecular weight excluding hydrogens is 672 g/mol. The maximum absolute atomic E-state index is 13.7. The Morgan fingerprint density at radius 3 is 1.52 bits per heavy atom. The first kappa shape index (κ1) is 45.5. The zero-order valence-electron chi connectivity index (χ0n) is 30.7. The molecule has 292 valence electrons. The minimum absolute atomic E-state index is 0.0371. The van der Waals surface area contributed by atoms with Gasteiger partial charge in [0.2, 0.25) is 29.5 Å². The number of aryl methyl sites for hydroxylation is 1. The van der Waals surface area contributed by atoms with Crippen LogP contribution in [0.25, 0.3) is 0 Å². The van der Waals surface area contributed by atoms with Crippen molar-refractivity contribution in [3.8, 4) is 5.75 Å². The smallest absolute Gasteiger partial charge is 0.326 e. The Morgan fingerprint density at radius 2 is 1.10 bits per heavy atom. The molecule has 0 aromatic heterocycles. The van der Waals surface area contributed by atoms with Crippen LogP contribution >= 0.6 is 0 Å². The topological polar surface area (TPSA) is 281 Å². The lowest BCUT2D eigenvalue weighted by Crippen LogP contribution is -2.59. The molecule has 0 saturated carbocycles. The molecule has 0 aliphatic rings. The second-order valence-corrected chi connectivity index (χ2v) is 13.4. The second kappa shape index (κ2) is 24.6. The van der Waals surface area contributed by atoms with Crippen molar-refractivity contribution in [2.45, 2.75) is 121 Å². The largest absolute Gasteiger partial charge is 0.508 e. The SMILES string of the molecule is C=CC[C@H](NC(=O)[C@H](CCCCN)NC(=O)[C@H](CCCCN)NC(=O)[C@H](C)N)C(=O)N[C@@H](CCc1ccc(O)cc1)C(=O)N[C@@H](CC(C)C)C(=O)O. The number of carbonyl (C=O) groups excluding carboxylic acids is 5. The van der Waals surface area contributed by atoms with Gasteiger partial charge >= 0.3 is 5.97 Å². The lowest BCUT2D eigenvalue weighted by atomic mass is 10.0. The maximum Gasteiger partial charge on any atom is 0.326 e. The Labute approximate surface area is 306 Å². The van der Waals surface area contributed by atoms with Gasteiger partial charge in [-0.15, -0.1) is 6.58 Å². The van der Waals surface area contributed by atoms with Crippen LogP contribution in [0.5, 0.6) is 5.75 Å². The minimum Gasteiger partial charge on any atom is -0.508 e. The van der Waals surface area contributed by atoms with Gasteiger partial charge in [-0.2, -0.15) is 0 Å². The number of phenolic OH excluding ortho intramolecular Hbond substituents is 1. The first-order chi connectivity index (χ1) is 24.6. The van der Waals surface area contributed by atoms with E-state index in [4.69, 9.17) is 17.2 Å². The van der Waals surface area contributed by atoms with Crippen molar-refractivity contribution in [3.05, 3.63) is 42.5 Å². The number of carboxylic acid groups (broad SMARTS) is 1. The van der Waals surface area contributed by atoms with E-state index in [0.29, 0.717) is 45.2 Å². The molecule has 0 spiro atoms. The number of hydrogen-bond donors (Lipinski definition) is 10. The van der Waals surface area contributed by atoms with Crippen LogP contribution in [-0.4, -0.2) is 95.1 Å². The van der Waals surface area contributed by atoms with Crippen molar-refractivity contribution in [2.75, 3.05) is 13.1 Å². The number of aromatic hydroxyl groups is 1. The second-order valence-electron chi connectivity index (χ2n) is 13.4. The molecule has 52 heavy (non-hydrogen) atoms. The third kappa shape index (κ3) is 17.6. The number of phenols is 1. The molecular formula is C36H60N8O8. The fourth-order valence-electron chi connectivity index (χ4n) is 5.25. The van der Waals surface area contributed by atoms with Crippen LogP contribution in [0.4, 0.5) is 0 Å². The Kier molecular flexibility index (Phi) is 21.5. The Morgan fingerprint density at radius 1 is 0.673 bits per heavy atom. The van der Waals surface area contributed by atoms with Crippen molar-refractivity contribution >= 4 is 35.5 Å². The Balaban J connectivity index is 3.27. The number of carboxylic acids is 1. The summed E-state index contributed by atoms with van der Waals surface area (Å²) in [7, 11) is 0. The van der Waals surface area contributed by atoms with Gasteiger partial charge in [0, 0.05) is 0 Å². The van der Waals surface area contributed by atoms with Gasteiger partial charge in [-0.25, -0.2) is 4.79 Å². The summed E-state index contributed by atoms with van der Waals surface area (Å²) >= 11 is 0. The van der Waals surface area contributed by atoms with Crippen LogP contribution in [0, 0.1) is 5.92 Å². The molecule has 0 unspecified atom stereocenters. The average Bonchev–Trinajstić information content (AvgIpc) is 3.08. The number of nitrogens with two attached hydrogens (primary N) is 3. The highest BCUT2D eigenvalue weighted by Gasteiger charge is 2.32. The quantitative estimate of drug-likeness (QED) is 0.0449. The normalized spacial score (nSPS) is 14.5. The van der Waals surface area contributed by atoms with E-state index in [0.717, 1.165) is 5.56 Å². The predicted molar refractivity (Wildman–Crippen MR) is 197 cm³/mol. The molecule has 16 heteroatoms. The molecule has 5 amide bonds.